The fourth-order valence-electron chi connectivity index (χ4n) is 2.12. The van der Waals surface area contributed by atoms with Crippen molar-refractivity contribution in [1.82, 2.24) is 10.6 Å². The summed E-state index contributed by atoms with van der Waals surface area (Å²) in [5.74, 6) is 2.37. The zero-order chi connectivity index (χ0) is 11.2. The van der Waals surface area contributed by atoms with E-state index >= 15 is 0 Å². The van der Waals surface area contributed by atoms with E-state index in [1.54, 1.807) is 0 Å². The van der Waals surface area contributed by atoms with Gasteiger partial charge in [0.2, 0.25) is 5.91 Å². The van der Waals surface area contributed by atoms with Crippen molar-refractivity contribution in [3.05, 3.63) is 0 Å². The molecule has 2 unspecified atom stereocenters. The van der Waals surface area contributed by atoms with E-state index in [-0.39, 0.29) is 11.9 Å². The van der Waals surface area contributed by atoms with Gasteiger partial charge in [-0.3, -0.25) is 4.79 Å². The van der Waals surface area contributed by atoms with E-state index in [4.69, 9.17) is 4.74 Å². The maximum atomic E-state index is 11.8. The molecular weight excluding hydrogens is 224 g/mol. The number of thioether (sulfide) groups is 1. The maximum absolute atomic E-state index is 11.8. The number of carbonyl (C=O) groups excluding carboxylic acids is 1. The summed E-state index contributed by atoms with van der Waals surface area (Å²) in [5, 5.41) is 6.43. The Hall–Kier alpha value is -0.260. The summed E-state index contributed by atoms with van der Waals surface area (Å²) in [5.41, 5.74) is 0. The molecule has 0 aromatic carbocycles. The Balaban J connectivity index is 1.66. The molecule has 2 rings (SSSR count). The van der Waals surface area contributed by atoms with Gasteiger partial charge in [-0.25, -0.2) is 0 Å². The normalized spacial score (nSPS) is 31.0. The lowest BCUT2D eigenvalue weighted by atomic mass is 10.1. The molecular formula is C11H20N2O2S. The SMILES string of the molecule is O=C(CC1CSCCN1)NC1CCCOC1. The molecule has 0 aromatic rings. The van der Waals surface area contributed by atoms with E-state index in [1.807, 2.05) is 11.8 Å². The molecule has 92 valence electrons. The van der Waals surface area contributed by atoms with Crippen molar-refractivity contribution in [1.29, 1.82) is 0 Å². The number of hydrogen-bond donors (Lipinski definition) is 2. The second-order valence-electron chi connectivity index (χ2n) is 4.41. The summed E-state index contributed by atoms with van der Waals surface area (Å²) in [6, 6.07) is 0.584. The monoisotopic (exact) mass is 244 g/mol. The number of ether oxygens (including phenoxy) is 1. The average molecular weight is 244 g/mol. The lowest BCUT2D eigenvalue weighted by molar-refractivity contribution is -0.123. The molecule has 2 saturated heterocycles. The molecule has 0 aromatic heterocycles. The first-order chi connectivity index (χ1) is 7.84. The minimum atomic E-state index is 0.163. The van der Waals surface area contributed by atoms with E-state index in [1.165, 1.54) is 0 Å². The predicted molar refractivity (Wildman–Crippen MR) is 65.7 cm³/mol. The average Bonchev–Trinajstić information content (AvgIpc) is 2.31. The predicted octanol–water partition coefficient (Wildman–Crippen LogP) is 0.377. The van der Waals surface area contributed by atoms with Crippen molar-refractivity contribution in [2.45, 2.75) is 31.3 Å². The summed E-state index contributed by atoms with van der Waals surface area (Å²) in [4.78, 5) is 11.8. The molecule has 16 heavy (non-hydrogen) atoms. The number of amides is 1. The van der Waals surface area contributed by atoms with Crippen LogP contribution in [0.5, 0.6) is 0 Å². The van der Waals surface area contributed by atoms with Crippen LogP contribution in [0, 0.1) is 0 Å². The van der Waals surface area contributed by atoms with Crippen molar-refractivity contribution < 1.29 is 9.53 Å². The van der Waals surface area contributed by atoms with E-state index in [2.05, 4.69) is 10.6 Å². The molecule has 0 radical (unpaired) electrons. The summed E-state index contributed by atoms with van der Waals surface area (Å²) in [6.07, 6.45) is 2.71. The Morgan fingerprint density at radius 3 is 3.19 bits per heavy atom. The fourth-order valence-corrected chi connectivity index (χ4v) is 3.06. The van der Waals surface area contributed by atoms with E-state index in [0.29, 0.717) is 19.1 Å². The molecule has 2 fully saturated rings. The zero-order valence-corrected chi connectivity index (χ0v) is 10.4. The van der Waals surface area contributed by atoms with Gasteiger partial charge in [0.25, 0.3) is 0 Å². The molecule has 2 N–H and O–H groups in total. The van der Waals surface area contributed by atoms with Crippen LogP contribution in [-0.4, -0.2) is 49.3 Å². The zero-order valence-electron chi connectivity index (χ0n) is 9.54. The van der Waals surface area contributed by atoms with Crippen molar-refractivity contribution in [2.24, 2.45) is 0 Å². The molecule has 1 amide bonds. The summed E-state index contributed by atoms with van der Waals surface area (Å²) >= 11 is 1.92. The van der Waals surface area contributed by atoms with Gasteiger partial charge in [0.15, 0.2) is 0 Å². The molecule has 0 spiro atoms. The van der Waals surface area contributed by atoms with Crippen molar-refractivity contribution in [2.75, 3.05) is 31.3 Å². The molecule has 0 saturated carbocycles. The lowest BCUT2D eigenvalue weighted by Crippen LogP contribution is -2.45. The summed E-state index contributed by atoms with van der Waals surface area (Å²) in [7, 11) is 0. The Morgan fingerprint density at radius 2 is 2.50 bits per heavy atom. The number of hydrogen-bond acceptors (Lipinski definition) is 4. The van der Waals surface area contributed by atoms with Crippen LogP contribution in [-0.2, 0) is 9.53 Å². The minimum Gasteiger partial charge on any atom is -0.379 e. The third-order valence-electron chi connectivity index (χ3n) is 2.96. The number of nitrogens with one attached hydrogen (secondary N) is 2. The van der Waals surface area contributed by atoms with Crippen molar-refractivity contribution >= 4 is 17.7 Å². The molecule has 2 aliphatic rings. The maximum Gasteiger partial charge on any atom is 0.221 e. The van der Waals surface area contributed by atoms with Crippen LogP contribution in [0.1, 0.15) is 19.3 Å². The van der Waals surface area contributed by atoms with Gasteiger partial charge in [-0.1, -0.05) is 0 Å². The second kappa shape index (κ2) is 6.47. The largest absolute Gasteiger partial charge is 0.379 e. The number of rotatable bonds is 3. The van der Waals surface area contributed by atoms with Crippen LogP contribution in [0.25, 0.3) is 0 Å². The van der Waals surface area contributed by atoms with Gasteiger partial charge in [-0.15, -0.1) is 0 Å². The van der Waals surface area contributed by atoms with Gasteiger partial charge in [0.1, 0.15) is 0 Å². The van der Waals surface area contributed by atoms with Crippen LogP contribution in [0.2, 0.25) is 0 Å². The molecule has 0 aliphatic carbocycles. The topological polar surface area (TPSA) is 50.4 Å². The summed E-state index contributed by atoms with van der Waals surface area (Å²) in [6.45, 7) is 2.54. The van der Waals surface area contributed by atoms with Gasteiger partial charge in [0, 0.05) is 37.1 Å². The Labute approximate surface area is 101 Å². The second-order valence-corrected chi connectivity index (χ2v) is 5.56. The standard InChI is InChI=1S/C11H20N2O2S/c14-11(6-10-8-16-5-3-12-10)13-9-2-1-4-15-7-9/h9-10,12H,1-8H2,(H,13,14). The van der Waals surface area contributed by atoms with E-state index < -0.39 is 0 Å². The highest BCUT2D eigenvalue weighted by atomic mass is 32.2. The van der Waals surface area contributed by atoms with E-state index in [0.717, 1.165) is 37.5 Å². The van der Waals surface area contributed by atoms with Crippen LogP contribution in [0.4, 0.5) is 0 Å². The van der Waals surface area contributed by atoms with Crippen molar-refractivity contribution in [3.8, 4) is 0 Å². The Kier molecular flexibility index (Phi) is 4.93. The van der Waals surface area contributed by atoms with Gasteiger partial charge in [-0.05, 0) is 12.8 Å². The van der Waals surface area contributed by atoms with E-state index in [9.17, 15) is 4.79 Å². The van der Waals surface area contributed by atoms with Crippen molar-refractivity contribution in [3.63, 3.8) is 0 Å². The number of carbonyl (C=O) groups is 1. The first-order valence-corrected chi connectivity index (χ1v) is 7.18. The molecule has 2 atom stereocenters. The van der Waals surface area contributed by atoms with Gasteiger partial charge in [-0.2, -0.15) is 11.8 Å². The van der Waals surface area contributed by atoms with Crippen LogP contribution >= 0.6 is 11.8 Å². The molecule has 2 heterocycles. The molecule has 4 nitrogen and oxygen atoms in total. The smallest absolute Gasteiger partial charge is 0.221 e. The first kappa shape index (κ1) is 12.2. The van der Waals surface area contributed by atoms with Crippen LogP contribution in [0.3, 0.4) is 0 Å². The fraction of sp³-hybridized carbons (Fsp3) is 0.909. The Bertz CT molecular complexity index is 204. The third-order valence-corrected chi connectivity index (χ3v) is 4.09. The van der Waals surface area contributed by atoms with Gasteiger partial charge in [0.05, 0.1) is 12.6 Å². The Morgan fingerprint density at radius 1 is 1.56 bits per heavy atom. The highest BCUT2D eigenvalue weighted by molar-refractivity contribution is 7.99. The molecule has 2 aliphatic heterocycles. The molecule has 5 heteroatoms. The summed E-state index contributed by atoms with van der Waals surface area (Å²) < 4.78 is 5.34. The molecule has 0 bridgehead atoms. The van der Waals surface area contributed by atoms with Gasteiger partial charge >= 0.3 is 0 Å². The minimum absolute atomic E-state index is 0.163. The van der Waals surface area contributed by atoms with Crippen LogP contribution < -0.4 is 10.6 Å². The highest BCUT2D eigenvalue weighted by Crippen LogP contribution is 2.11. The highest BCUT2D eigenvalue weighted by Gasteiger charge is 2.20. The van der Waals surface area contributed by atoms with Gasteiger partial charge < -0.3 is 15.4 Å². The lowest BCUT2D eigenvalue weighted by Gasteiger charge is -2.26. The first-order valence-electron chi connectivity index (χ1n) is 6.03. The quantitative estimate of drug-likeness (QED) is 0.753. The third kappa shape index (κ3) is 3.96. The van der Waals surface area contributed by atoms with Crippen LogP contribution in [0.15, 0.2) is 0 Å².